The van der Waals surface area contributed by atoms with Crippen molar-refractivity contribution in [3.63, 3.8) is 0 Å². The molecule has 2 amide bonds. The maximum absolute atomic E-state index is 13.6. The number of alkyl carbamates (subject to hydrolysis) is 1. The largest absolute Gasteiger partial charge is 0.445 e. The van der Waals surface area contributed by atoms with Crippen LogP contribution in [0, 0.1) is 6.92 Å². The van der Waals surface area contributed by atoms with E-state index in [2.05, 4.69) is 44.6 Å². The van der Waals surface area contributed by atoms with E-state index in [1.54, 1.807) is 6.07 Å². The number of para-hydroxylation sites is 2. The summed E-state index contributed by atoms with van der Waals surface area (Å²) in [6, 6.07) is 24.1. The first kappa shape index (κ1) is 40.4. The van der Waals surface area contributed by atoms with Crippen LogP contribution in [0.25, 0.3) is 11.0 Å². The Morgan fingerprint density at radius 2 is 1.53 bits per heavy atom. The number of sulfonamides is 1. The van der Waals surface area contributed by atoms with Crippen LogP contribution in [0.2, 0.25) is 51.4 Å². The number of aryl methyl sites for hydroxylation is 1. The number of ether oxygens (including phenoxy) is 3. The van der Waals surface area contributed by atoms with Crippen LogP contribution in [0.5, 0.6) is 0 Å². The molecule has 0 bridgehead atoms. The first-order chi connectivity index (χ1) is 25.0. The van der Waals surface area contributed by atoms with Crippen LogP contribution in [-0.4, -0.2) is 70.4 Å². The van der Waals surface area contributed by atoms with Crippen molar-refractivity contribution in [3.05, 3.63) is 101 Å². The molecule has 0 saturated carbocycles. The highest BCUT2D eigenvalue weighted by molar-refractivity contribution is 7.90. The van der Waals surface area contributed by atoms with Gasteiger partial charge in [0, 0.05) is 35.8 Å². The van der Waals surface area contributed by atoms with E-state index in [0.717, 1.165) is 44.1 Å². The van der Waals surface area contributed by atoms with E-state index in [1.807, 2.05) is 78.2 Å². The van der Waals surface area contributed by atoms with Crippen LogP contribution in [0.3, 0.4) is 0 Å². The monoisotopic (exact) mass is 778 g/mol. The van der Waals surface area contributed by atoms with Crippen LogP contribution >= 0.6 is 0 Å². The number of benzene rings is 3. The Balaban J connectivity index is 1.39. The van der Waals surface area contributed by atoms with Gasteiger partial charge in [-0.2, -0.15) is 0 Å². The summed E-state index contributed by atoms with van der Waals surface area (Å²) < 4.78 is 47.6. The van der Waals surface area contributed by atoms with Gasteiger partial charge in [0.15, 0.2) is 0 Å². The van der Waals surface area contributed by atoms with Crippen LogP contribution in [0.4, 0.5) is 4.79 Å². The number of amides is 2. The van der Waals surface area contributed by atoms with Crippen molar-refractivity contribution in [2.75, 3.05) is 19.9 Å². The third-order valence-corrected chi connectivity index (χ3v) is 14.8. The van der Waals surface area contributed by atoms with E-state index in [9.17, 15) is 18.0 Å². The minimum absolute atomic E-state index is 0.109. The molecule has 11 nitrogen and oxygen atoms in total. The van der Waals surface area contributed by atoms with E-state index in [1.165, 1.54) is 0 Å². The average Bonchev–Trinajstić information content (AvgIpc) is 3.56. The normalized spacial score (nSPS) is 16.6. The van der Waals surface area contributed by atoms with Crippen molar-refractivity contribution >= 4 is 49.2 Å². The van der Waals surface area contributed by atoms with Gasteiger partial charge >= 0.3 is 6.09 Å². The fraction of sp³-hybridized carbons (Fsp3) is 0.462. The third-order valence-electron chi connectivity index (χ3n) is 9.35. The molecule has 53 heavy (non-hydrogen) atoms. The number of hydrogen-bond acceptors (Lipinski definition) is 8. The maximum Gasteiger partial charge on any atom is 0.408 e. The van der Waals surface area contributed by atoms with Crippen molar-refractivity contribution in [3.8, 4) is 0 Å². The van der Waals surface area contributed by atoms with Gasteiger partial charge in [0.05, 0.1) is 23.5 Å². The second kappa shape index (κ2) is 17.1. The topological polar surface area (TPSA) is 129 Å². The van der Waals surface area contributed by atoms with Crippen LogP contribution in [0.1, 0.15) is 45.8 Å². The minimum Gasteiger partial charge on any atom is -0.445 e. The zero-order valence-corrected chi connectivity index (χ0v) is 34.9. The second-order valence-corrected chi connectivity index (χ2v) is 29.5. The van der Waals surface area contributed by atoms with Crippen LogP contribution < -0.4 is 5.32 Å². The summed E-state index contributed by atoms with van der Waals surface area (Å²) in [5.74, 6) is 0.155. The van der Waals surface area contributed by atoms with Crippen molar-refractivity contribution in [1.82, 2.24) is 19.2 Å². The molecule has 1 fully saturated rings. The highest BCUT2D eigenvalue weighted by atomic mass is 32.2. The molecule has 5 rings (SSSR count). The number of nitrogens with zero attached hydrogens (tertiary/aromatic N) is 3. The van der Waals surface area contributed by atoms with E-state index in [-0.39, 0.29) is 26.5 Å². The van der Waals surface area contributed by atoms with Gasteiger partial charge in [0.25, 0.3) is 0 Å². The average molecular weight is 779 g/mol. The zero-order valence-electron chi connectivity index (χ0n) is 32.1. The highest BCUT2D eigenvalue weighted by Gasteiger charge is 2.46. The Morgan fingerprint density at radius 3 is 2.19 bits per heavy atom. The predicted molar refractivity (Wildman–Crippen MR) is 213 cm³/mol. The van der Waals surface area contributed by atoms with Gasteiger partial charge in [-0.15, -0.1) is 0 Å². The molecule has 3 aromatic carbocycles. The summed E-state index contributed by atoms with van der Waals surface area (Å²) in [5.41, 5.74) is 4.69. The summed E-state index contributed by atoms with van der Waals surface area (Å²) in [4.78, 5) is 31.3. The van der Waals surface area contributed by atoms with Gasteiger partial charge in [-0.1, -0.05) is 99.9 Å². The molecule has 286 valence electrons. The fourth-order valence-corrected chi connectivity index (χ4v) is 9.55. The van der Waals surface area contributed by atoms with E-state index in [0.29, 0.717) is 31.0 Å². The quantitative estimate of drug-likeness (QED) is 0.0851. The van der Waals surface area contributed by atoms with Crippen molar-refractivity contribution in [1.29, 1.82) is 0 Å². The van der Waals surface area contributed by atoms with E-state index >= 15 is 0 Å². The molecule has 14 heteroatoms. The lowest BCUT2D eigenvalue weighted by atomic mass is 9.97. The summed E-state index contributed by atoms with van der Waals surface area (Å²) in [5, 5.41) is 2.07. The Bertz CT molecular complexity index is 1990. The van der Waals surface area contributed by atoms with Gasteiger partial charge in [-0.25, -0.2) is 22.5 Å². The predicted octanol–water partition coefficient (Wildman–Crippen LogP) is 7.78. The smallest absolute Gasteiger partial charge is 0.408 e. The Hall–Kier alpha value is -3.83. The maximum atomic E-state index is 13.6. The lowest BCUT2D eigenvalue weighted by molar-refractivity contribution is -0.128. The summed E-state index contributed by atoms with van der Waals surface area (Å²) in [6.45, 7) is 16.6. The molecule has 1 aromatic heterocycles. The van der Waals surface area contributed by atoms with Crippen molar-refractivity contribution in [2.45, 2.75) is 95.8 Å². The standard InChI is InChI=1S/C39H54N4O7SSi2/c1-29-23-31(17-18-32(29)36-25-37(44)43(51(36,46)47)28-49-20-22-53(5,6)7)24-34(41-39(45)50-26-30-13-9-8-10-14-30)38-40-33-15-11-12-16-35(33)42(38)27-48-19-21-52(2,3)4/h8-18,23,34,36H,19-22,24-28H2,1-7H3,(H,41,45)/t34-,36-/m0/s1. The van der Waals surface area contributed by atoms with Gasteiger partial charge in [0.1, 0.15) is 31.1 Å². The summed E-state index contributed by atoms with van der Waals surface area (Å²) in [6.07, 6.45) is -0.389. The molecule has 1 saturated heterocycles. The van der Waals surface area contributed by atoms with E-state index in [4.69, 9.17) is 19.2 Å². The number of rotatable bonds is 17. The zero-order chi connectivity index (χ0) is 38.4. The number of nitrogens with one attached hydrogen (secondary N) is 1. The third kappa shape index (κ3) is 10.9. The van der Waals surface area contributed by atoms with Gasteiger partial charge in [-0.05, 0) is 53.4 Å². The number of imidazole rings is 1. The fourth-order valence-electron chi connectivity index (χ4n) is 6.21. The number of hydrogen-bond donors (Lipinski definition) is 1. The molecule has 0 aliphatic carbocycles. The van der Waals surface area contributed by atoms with Gasteiger partial charge in [0.2, 0.25) is 15.9 Å². The first-order valence-electron chi connectivity index (χ1n) is 18.2. The number of fused-ring (bicyclic) bond motifs is 1. The lowest BCUT2D eigenvalue weighted by Crippen LogP contribution is -2.33. The number of carbonyl (C=O) groups is 2. The molecule has 2 atom stereocenters. The molecular weight excluding hydrogens is 725 g/mol. The molecule has 4 aromatic rings. The minimum atomic E-state index is -3.96. The molecule has 1 N–H and O–H groups in total. The highest BCUT2D eigenvalue weighted by Crippen LogP contribution is 2.38. The molecule has 1 aliphatic rings. The van der Waals surface area contributed by atoms with Gasteiger partial charge in [-0.3, -0.25) is 4.79 Å². The van der Waals surface area contributed by atoms with Gasteiger partial charge < -0.3 is 24.1 Å². The first-order valence-corrected chi connectivity index (χ1v) is 27.2. The molecule has 0 unspecified atom stereocenters. The van der Waals surface area contributed by atoms with Crippen LogP contribution in [0.15, 0.2) is 72.8 Å². The molecule has 0 radical (unpaired) electrons. The molecule has 2 heterocycles. The Labute approximate surface area is 316 Å². The number of aromatic nitrogens is 2. The molecule has 1 aliphatic heterocycles. The van der Waals surface area contributed by atoms with Crippen molar-refractivity contribution < 1.29 is 32.2 Å². The molecule has 0 spiro atoms. The lowest BCUT2D eigenvalue weighted by Gasteiger charge is -2.22. The number of carbonyl (C=O) groups excluding carboxylic acids is 2. The SMILES string of the molecule is Cc1cc(C[C@H](NC(=O)OCc2ccccc2)c2nc3ccccc3n2COCC[Si](C)(C)C)ccc1[C@@H]1CC(=O)N(COCC[Si](C)(C)C)S1(=O)=O. The van der Waals surface area contributed by atoms with Crippen molar-refractivity contribution in [2.24, 2.45) is 0 Å². The Kier molecular flexibility index (Phi) is 13.0. The van der Waals surface area contributed by atoms with Crippen LogP contribution in [-0.2, 0) is 48.8 Å². The summed E-state index contributed by atoms with van der Waals surface area (Å²) >= 11 is 0. The second-order valence-electron chi connectivity index (χ2n) is 16.2. The summed E-state index contributed by atoms with van der Waals surface area (Å²) in [7, 11) is -6.65. The van der Waals surface area contributed by atoms with E-state index < -0.39 is 49.5 Å². The molecular formula is C39H54N4O7SSi2. The Morgan fingerprint density at radius 1 is 0.887 bits per heavy atom.